The van der Waals surface area contributed by atoms with Gasteiger partial charge in [-0.2, -0.15) is 9.97 Å². The molecule has 114 valence electrons. The molecule has 0 radical (unpaired) electrons. The van der Waals surface area contributed by atoms with Gasteiger partial charge in [0.25, 0.3) is 11.4 Å². The number of rotatable bonds is 3. The van der Waals surface area contributed by atoms with Gasteiger partial charge in [0.2, 0.25) is 5.82 Å². The van der Waals surface area contributed by atoms with Crippen LogP contribution in [0.5, 0.6) is 0 Å². The maximum Gasteiger partial charge on any atom is 0.304 e. The Bertz CT molecular complexity index is 925. The van der Waals surface area contributed by atoms with Gasteiger partial charge in [-0.25, -0.2) is 4.98 Å². The first kappa shape index (κ1) is 13.9. The molecule has 3 aromatic heterocycles. The molecule has 0 saturated heterocycles. The number of nitrogens with zero attached hydrogens (tertiary/aromatic N) is 5. The van der Waals surface area contributed by atoms with Gasteiger partial charge in [-0.1, -0.05) is 5.16 Å². The molecule has 1 aliphatic carbocycles. The molecule has 10 heteroatoms. The molecular weight excluding hydrogens is 326 g/mol. The Labute approximate surface area is 131 Å². The molecule has 1 unspecified atom stereocenters. The third kappa shape index (κ3) is 2.14. The van der Waals surface area contributed by atoms with Crippen LogP contribution in [0.25, 0.3) is 22.1 Å². The van der Waals surface area contributed by atoms with Crippen molar-refractivity contribution < 1.29 is 9.08 Å². The van der Waals surface area contributed by atoms with E-state index in [0.717, 1.165) is 24.2 Å². The van der Waals surface area contributed by atoms with Crippen LogP contribution in [0.3, 0.4) is 0 Å². The van der Waals surface area contributed by atoms with E-state index in [-0.39, 0.29) is 23.0 Å². The van der Waals surface area contributed by atoms with E-state index in [1.807, 2.05) is 0 Å². The van der Waals surface area contributed by atoms with Crippen LogP contribution in [-0.2, 0) is 11.2 Å². The highest BCUT2D eigenvalue weighted by Gasteiger charge is 2.32. The van der Waals surface area contributed by atoms with Crippen LogP contribution >= 0.6 is 11.3 Å². The zero-order chi connectivity index (χ0) is 15.4. The smallest absolute Gasteiger partial charge is 0.304 e. The molecule has 22 heavy (non-hydrogen) atoms. The molecular formula is C12H11N5O3S2. The Morgan fingerprint density at radius 1 is 1.36 bits per heavy atom. The molecule has 8 nitrogen and oxygen atoms in total. The van der Waals surface area contributed by atoms with Gasteiger partial charge in [0.15, 0.2) is 16.2 Å². The molecule has 1 atom stereocenters. The summed E-state index contributed by atoms with van der Waals surface area (Å²) in [6, 6.07) is 0.0869. The van der Waals surface area contributed by atoms with Crippen molar-refractivity contribution in [2.45, 2.75) is 30.1 Å². The zero-order valence-electron chi connectivity index (χ0n) is 11.8. The Balaban J connectivity index is 2.02. The fourth-order valence-corrected chi connectivity index (χ4v) is 3.79. The van der Waals surface area contributed by atoms with Crippen molar-refractivity contribution in [3.05, 3.63) is 16.2 Å². The van der Waals surface area contributed by atoms with Gasteiger partial charge in [0, 0.05) is 17.2 Å². The molecule has 0 N–H and O–H groups in total. The number of fused-ring (bicyclic) bond motifs is 1. The molecule has 0 aliphatic heterocycles. The number of hydrogen-bond acceptors (Lipinski definition) is 8. The Morgan fingerprint density at radius 2 is 2.14 bits per heavy atom. The normalized spacial score (nSPS) is 16.3. The molecule has 3 heterocycles. The first-order chi connectivity index (χ1) is 10.5. The highest BCUT2D eigenvalue weighted by molar-refractivity contribution is 7.92. The van der Waals surface area contributed by atoms with Crippen LogP contribution in [0.15, 0.2) is 13.7 Å². The standard InChI is InChI=1S/C12H11N5O3S2/c1-5-13-9(20-16-5)8-15-10-7(14-12(21-10)22(2)19)11(18)17(8)6-3-4-6/h6H,3-4H2,1-2H3. The van der Waals surface area contributed by atoms with E-state index in [1.54, 1.807) is 11.5 Å². The summed E-state index contributed by atoms with van der Waals surface area (Å²) in [5.74, 6) is 1.06. The van der Waals surface area contributed by atoms with Crippen molar-refractivity contribution in [2.24, 2.45) is 0 Å². The lowest BCUT2D eigenvalue weighted by atomic mass is 10.4. The minimum Gasteiger partial charge on any atom is -0.610 e. The lowest BCUT2D eigenvalue weighted by Gasteiger charge is -2.06. The highest BCUT2D eigenvalue weighted by atomic mass is 32.2. The van der Waals surface area contributed by atoms with Crippen LogP contribution < -0.4 is 5.56 Å². The van der Waals surface area contributed by atoms with Crippen molar-refractivity contribution in [1.29, 1.82) is 0 Å². The van der Waals surface area contributed by atoms with Crippen molar-refractivity contribution in [3.63, 3.8) is 0 Å². The van der Waals surface area contributed by atoms with E-state index in [0.29, 0.717) is 20.8 Å². The molecule has 0 aromatic carbocycles. The van der Waals surface area contributed by atoms with Gasteiger partial charge < -0.3 is 9.08 Å². The van der Waals surface area contributed by atoms with Crippen LogP contribution in [0.1, 0.15) is 24.7 Å². The molecule has 1 aliphatic rings. The summed E-state index contributed by atoms with van der Waals surface area (Å²) in [7, 11) is 0. The Kier molecular flexibility index (Phi) is 3.06. The van der Waals surface area contributed by atoms with Gasteiger partial charge in [-0.15, -0.1) is 0 Å². The summed E-state index contributed by atoms with van der Waals surface area (Å²) in [6.07, 6.45) is 3.34. The highest BCUT2D eigenvalue weighted by Crippen LogP contribution is 2.37. The molecule has 1 saturated carbocycles. The second kappa shape index (κ2) is 4.86. The van der Waals surface area contributed by atoms with Crippen molar-refractivity contribution in [3.8, 4) is 11.7 Å². The van der Waals surface area contributed by atoms with Crippen LogP contribution in [-0.4, -0.2) is 35.5 Å². The minimum atomic E-state index is -1.25. The monoisotopic (exact) mass is 337 g/mol. The van der Waals surface area contributed by atoms with E-state index in [4.69, 9.17) is 4.52 Å². The molecule has 3 aromatic rings. The van der Waals surface area contributed by atoms with Gasteiger partial charge >= 0.3 is 4.34 Å². The topological polar surface area (TPSA) is 110 Å². The van der Waals surface area contributed by atoms with Gasteiger partial charge in [0.1, 0.15) is 6.26 Å². The SMILES string of the molecule is Cc1noc(-c2nc3sc([S+](C)[O-])nc3c(=O)n2C2CC2)n1. The van der Waals surface area contributed by atoms with Crippen molar-refractivity contribution in [1.82, 2.24) is 24.7 Å². The van der Waals surface area contributed by atoms with E-state index in [1.165, 1.54) is 6.26 Å². The van der Waals surface area contributed by atoms with E-state index >= 15 is 0 Å². The summed E-state index contributed by atoms with van der Waals surface area (Å²) >= 11 is -0.100. The summed E-state index contributed by atoms with van der Waals surface area (Å²) in [4.78, 5) is 26.0. The Morgan fingerprint density at radius 3 is 2.73 bits per heavy atom. The molecule has 0 spiro atoms. The van der Waals surface area contributed by atoms with Gasteiger partial charge in [-0.05, 0) is 31.1 Å². The summed E-state index contributed by atoms with van der Waals surface area (Å²) in [5.41, 5.74) is 0.00777. The lowest BCUT2D eigenvalue weighted by Crippen LogP contribution is -2.22. The summed E-state index contributed by atoms with van der Waals surface area (Å²) in [6.45, 7) is 1.70. The lowest BCUT2D eigenvalue weighted by molar-refractivity contribution is 0.419. The van der Waals surface area contributed by atoms with Crippen molar-refractivity contribution >= 4 is 32.9 Å². The van der Waals surface area contributed by atoms with Gasteiger partial charge in [-0.3, -0.25) is 9.36 Å². The second-order valence-electron chi connectivity index (χ2n) is 5.08. The third-order valence-corrected chi connectivity index (χ3v) is 5.60. The largest absolute Gasteiger partial charge is 0.610 e. The third-order valence-electron chi connectivity index (χ3n) is 3.32. The maximum absolute atomic E-state index is 12.7. The van der Waals surface area contributed by atoms with Crippen LogP contribution in [0, 0.1) is 6.92 Å². The number of aromatic nitrogens is 5. The minimum absolute atomic E-state index is 0.0869. The zero-order valence-corrected chi connectivity index (χ0v) is 13.4. The fourth-order valence-electron chi connectivity index (χ4n) is 2.20. The first-order valence-electron chi connectivity index (χ1n) is 6.62. The van der Waals surface area contributed by atoms with Crippen LogP contribution in [0.4, 0.5) is 0 Å². The summed E-state index contributed by atoms with van der Waals surface area (Å²) in [5, 5.41) is 3.75. The summed E-state index contributed by atoms with van der Waals surface area (Å²) < 4.78 is 18.7. The maximum atomic E-state index is 12.7. The number of thiazole rings is 1. The average molecular weight is 337 g/mol. The first-order valence-corrected chi connectivity index (χ1v) is 8.99. The number of aryl methyl sites for hydroxylation is 1. The molecule has 4 rings (SSSR count). The van der Waals surface area contributed by atoms with E-state index < -0.39 is 11.2 Å². The molecule has 0 amide bonds. The predicted octanol–water partition coefficient (Wildman–Crippen LogP) is 1.28. The van der Waals surface area contributed by atoms with E-state index in [9.17, 15) is 9.35 Å². The fraction of sp³-hybridized carbons (Fsp3) is 0.417. The predicted molar refractivity (Wildman–Crippen MR) is 80.3 cm³/mol. The van der Waals surface area contributed by atoms with Crippen LogP contribution in [0.2, 0.25) is 0 Å². The number of hydrogen-bond donors (Lipinski definition) is 0. The molecule has 0 bridgehead atoms. The van der Waals surface area contributed by atoms with Gasteiger partial charge in [0.05, 0.1) is 0 Å². The molecule has 1 fully saturated rings. The quantitative estimate of drug-likeness (QED) is 0.662. The average Bonchev–Trinajstić information content (AvgIpc) is 3.05. The van der Waals surface area contributed by atoms with E-state index in [2.05, 4.69) is 20.1 Å². The Hall–Kier alpha value is -1.78. The second-order valence-corrected chi connectivity index (χ2v) is 7.61. The van der Waals surface area contributed by atoms with Crippen molar-refractivity contribution in [2.75, 3.05) is 6.26 Å².